The Kier molecular flexibility index (Phi) is 4.50. The molecule has 0 radical (unpaired) electrons. The van der Waals surface area contributed by atoms with Gasteiger partial charge >= 0.3 is 0 Å². The molecule has 3 aliphatic heterocycles. The fourth-order valence-electron chi connectivity index (χ4n) is 6.25. The van der Waals surface area contributed by atoms with E-state index in [1.165, 1.54) is 24.8 Å². The topological polar surface area (TPSA) is 34.2 Å². The van der Waals surface area contributed by atoms with Gasteiger partial charge in [0, 0.05) is 12.0 Å². The summed E-state index contributed by atoms with van der Waals surface area (Å²) in [7, 11) is 0. The van der Waals surface area contributed by atoms with Gasteiger partial charge in [0.2, 0.25) is 5.79 Å². The lowest BCUT2D eigenvalue weighted by Crippen LogP contribution is -2.49. The Bertz CT molecular complexity index is 751. The first kappa shape index (κ1) is 20.0. The van der Waals surface area contributed by atoms with E-state index in [-0.39, 0.29) is 17.2 Å². The molecule has 4 aliphatic rings. The summed E-state index contributed by atoms with van der Waals surface area (Å²) in [6.45, 7) is 12.1. The first-order valence-electron chi connectivity index (χ1n) is 11.6. The second kappa shape index (κ2) is 6.53. The Morgan fingerprint density at radius 3 is 2.31 bits per heavy atom. The van der Waals surface area contributed by atoms with E-state index in [0.717, 1.165) is 25.9 Å². The number of rotatable bonds is 2. The van der Waals surface area contributed by atoms with Gasteiger partial charge in [-0.15, -0.1) is 0 Å². The van der Waals surface area contributed by atoms with Crippen molar-refractivity contribution in [2.45, 2.75) is 102 Å². The molecule has 1 saturated carbocycles. The highest BCUT2D eigenvalue weighted by Gasteiger charge is 2.88. The molecule has 0 aromatic heterocycles. The van der Waals surface area contributed by atoms with E-state index >= 15 is 0 Å². The third-order valence-corrected chi connectivity index (χ3v) is 7.86. The van der Waals surface area contributed by atoms with Crippen LogP contribution in [0.1, 0.15) is 84.7 Å². The highest BCUT2D eigenvalue weighted by molar-refractivity contribution is 5.37. The molecule has 4 fully saturated rings. The van der Waals surface area contributed by atoms with E-state index in [1.807, 2.05) is 0 Å². The lowest BCUT2D eigenvalue weighted by Gasteiger charge is -2.36. The van der Waals surface area contributed by atoms with Gasteiger partial charge in [0.25, 0.3) is 0 Å². The molecule has 29 heavy (non-hydrogen) atoms. The summed E-state index contributed by atoms with van der Waals surface area (Å²) in [5.74, 6) is 0.413. The Morgan fingerprint density at radius 1 is 1.03 bits per heavy atom. The van der Waals surface area contributed by atoms with Crippen molar-refractivity contribution in [1.29, 1.82) is 0 Å². The third-order valence-electron chi connectivity index (χ3n) is 7.86. The van der Waals surface area contributed by atoms with Crippen molar-refractivity contribution >= 4 is 0 Å². The van der Waals surface area contributed by atoms with E-state index in [0.29, 0.717) is 11.8 Å². The van der Waals surface area contributed by atoms with E-state index in [2.05, 4.69) is 70.0 Å². The van der Waals surface area contributed by atoms with Gasteiger partial charge in [-0.2, -0.15) is 5.06 Å². The first-order valence-corrected chi connectivity index (χ1v) is 11.6. The van der Waals surface area contributed by atoms with Crippen LogP contribution in [0.5, 0.6) is 0 Å². The summed E-state index contributed by atoms with van der Waals surface area (Å²) in [5, 5.41) is 2.22. The molecule has 0 amide bonds. The number of epoxide rings is 1. The van der Waals surface area contributed by atoms with Gasteiger partial charge in [-0.1, -0.05) is 63.4 Å². The van der Waals surface area contributed by atoms with Crippen LogP contribution >= 0.6 is 0 Å². The van der Waals surface area contributed by atoms with Crippen LogP contribution in [-0.2, 0) is 14.3 Å². The number of hydrogen-bond acceptors (Lipinski definition) is 4. The Balaban J connectivity index is 1.65. The highest BCUT2D eigenvalue weighted by Crippen LogP contribution is 2.74. The molecule has 0 bridgehead atoms. The minimum Gasteiger partial charge on any atom is -0.354 e. The Labute approximate surface area is 175 Å². The maximum absolute atomic E-state index is 6.96. The zero-order chi connectivity index (χ0) is 20.5. The molecule has 0 N–H and O–H groups in total. The molecule has 1 aliphatic carbocycles. The van der Waals surface area contributed by atoms with E-state index in [9.17, 15) is 0 Å². The van der Waals surface area contributed by atoms with Gasteiger partial charge in [0.05, 0.1) is 12.6 Å². The number of fused-ring (bicyclic) bond motifs is 2. The Morgan fingerprint density at radius 2 is 1.72 bits per heavy atom. The molecule has 0 unspecified atom stereocenters. The molecule has 3 saturated heterocycles. The maximum atomic E-state index is 6.96. The predicted octanol–water partition coefficient (Wildman–Crippen LogP) is 5.63. The first-order chi connectivity index (χ1) is 13.7. The molecular formula is C25H37NO3. The van der Waals surface area contributed by atoms with Gasteiger partial charge in [-0.3, -0.25) is 4.84 Å². The lowest BCUT2D eigenvalue weighted by atomic mass is 9.70. The molecule has 3 heterocycles. The highest BCUT2D eigenvalue weighted by atomic mass is 16.9. The molecule has 4 nitrogen and oxygen atoms in total. The van der Waals surface area contributed by atoms with Crippen LogP contribution in [-0.4, -0.2) is 34.2 Å². The summed E-state index contributed by atoms with van der Waals surface area (Å²) in [4.78, 5) is 6.91. The summed E-state index contributed by atoms with van der Waals surface area (Å²) >= 11 is 0. The summed E-state index contributed by atoms with van der Waals surface area (Å²) in [6.07, 6.45) is 6.95. The Hall–Kier alpha value is -0.940. The summed E-state index contributed by atoms with van der Waals surface area (Å²) in [5.41, 5.74) is 0.590. The van der Waals surface area contributed by atoms with E-state index in [1.54, 1.807) is 0 Å². The van der Waals surface area contributed by atoms with Gasteiger partial charge < -0.3 is 9.47 Å². The van der Waals surface area contributed by atoms with Crippen LogP contribution in [0.2, 0.25) is 0 Å². The van der Waals surface area contributed by atoms with Crippen LogP contribution in [0.4, 0.5) is 0 Å². The number of nitrogens with zero attached hydrogens (tertiary/aromatic N) is 1. The SMILES string of the molecule is CC(C)[C@H]1CO[C@]2(C1)ON(C(C)(C)C)[C@@H](c1ccccc1)[C@]21OC12CCCCC2. The van der Waals surface area contributed by atoms with Crippen molar-refractivity contribution in [3.63, 3.8) is 0 Å². The summed E-state index contributed by atoms with van der Waals surface area (Å²) in [6, 6.07) is 10.9. The van der Waals surface area contributed by atoms with Crippen molar-refractivity contribution in [3.05, 3.63) is 35.9 Å². The average molecular weight is 400 g/mol. The fourth-order valence-corrected chi connectivity index (χ4v) is 6.25. The largest absolute Gasteiger partial charge is 0.354 e. The zero-order valence-electron chi connectivity index (χ0n) is 18.7. The molecule has 4 heteroatoms. The molecule has 4 atom stereocenters. The molecule has 160 valence electrons. The predicted molar refractivity (Wildman–Crippen MR) is 113 cm³/mol. The normalized spacial score (nSPS) is 39.2. The van der Waals surface area contributed by atoms with Crippen LogP contribution in [0.15, 0.2) is 30.3 Å². The maximum Gasteiger partial charge on any atom is 0.222 e. The zero-order valence-corrected chi connectivity index (χ0v) is 18.7. The smallest absolute Gasteiger partial charge is 0.222 e. The van der Waals surface area contributed by atoms with Crippen LogP contribution in [0.25, 0.3) is 0 Å². The molecular weight excluding hydrogens is 362 g/mol. The molecule has 1 aromatic rings. The second-order valence-corrected chi connectivity index (χ2v) is 11.1. The average Bonchev–Trinajstić information content (AvgIpc) is 3.03. The standard InChI is InChI=1S/C25H37NO3/c1-18(2)20-16-24(27-17-20)25(23(28-25)14-10-7-11-15-23)21(19-12-8-6-9-13-19)26(29-24)22(3,4)5/h6,8-9,12-13,18,20-21H,7,10-11,14-17H2,1-5H3/t20-,21+,24-,25-/m1/s1. The molecule has 5 rings (SSSR count). The third kappa shape index (κ3) is 2.72. The number of ether oxygens (including phenoxy) is 2. The van der Waals surface area contributed by atoms with Crippen molar-refractivity contribution in [1.82, 2.24) is 5.06 Å². The van der Waals surface area contributed by atoms with Crippen LogP contribution in [0.3, 0.4) is 0 Å². The number of hydrogen-bond donors (Lipinski definition) is 0. The minimum atomic E-state index is -0.674. The second-order valence-electron chi connectivity index (χ2n) is 11.1. The minimum absolute atomic E-state index is 0.0488. The van der Waals surface area contributed by atoms with Gasteiger partial charge in [-0.05, 0) is 51.0 Å². The monoisotopic (exact) mass is 399 g/mol. The lowest BCUT2D eigenvalue weighted by molar-refractivity contribution is -0.320. The number of benzene rings is 1. The van der Waals surface area contributed by atoms with Crippen molar-refractivity contribution < 1.29 is 14.3 Å². The number of hydroxylamine groups is 2. The van der Waals surface area contributed by atoms with E-state index < -0.39 is 11.4 Å². The van der Waals surface area contributed by atoms with Gasteiger partial charge in [0.1, 0.15) is 5.60 Å². The van der Waals surface area contributed by atoms with Crippen molar-refractivity contribution in [3.8, 4) is 0 Å². The molecule has 1 aromatic carbocycles. The van der Waals surface area contributed by atoms with Gasteiger partial charge in [-0.25, -0.2) is 0 Å². The fraction of sp³-hybridized carbons (Fsp3) is 0.760. The van der Waals surface area contributed by atoms with E-state index in [4.69, 9.17) is 14.3 Å². The van der Waals surface area contributed by atoms with Crippen LogP contribution < -0.4 is 0 Å². The van der Waals surface area contributed by atoms with Crippen molar-refractivity contribution in [2.75, 3.05) is 6.61 Å². The molecule has 3 spiro atoms. The van der Waals surface area contributed by atoms with Crippen molar-refractivity contribution in [2.24, 2.45) is 11.8 Å². The van der Waals surface area contributed by atoms with Crippen LogP contribution in [0, 0.1) is 11.8 Å². The van der Waals surface area contributed by atoms with Gasteiger partial charge in [0.15, 0.2) is 5.60 Å². The quantitative estimate of drug-likeness (QED) is 0.603. The summed E-state index contributed by atoms with van der Waals surface area (Å²) < 4.78 is 13.6.